The Morgan fingerprint density at radius 2 is 1.95 bits per heavy atom. The summed E-state index contributed by atoms with van der Waals surface area (Å²) < 4.78 is 0. The van der Waals surface area contributed by atoms with Crippen LogP contribution in [-0.2, 0) is 5.60 Å². The van der Waals surface area contributed by atoms with E-state index in [9.17, 15) is 5.11 Å². The van der Waals surface area contributed by atoms with Gasteiger partial charge in [0.05, 0.1) is 18.1 Å². The van der Waals surface area contributed by atoms with Crippen molar-refractivity contribution in [3.05, 3.63) is 29.8 Å². The lowest BCUT2D eigenvalue weighted by atomic mass is 10.0. The third-order valence-corrected chi connectivity index (χ3v) is 3.93. The van der Waals surface area contributed by atoms with Gasteiger partial charge in [0.15, 0.2) is 5.82 Å². The Bertz CT molecular complexity index is 593. The average molecular weight is 287 g/mol. The van der Waals surface area contributed by atoms with Crippen LogP contribution in [0.5, 0.6) is 0 Å². The van der Waals surface area contributed by atoms with Gasteiger partial charge in [0, 0.05) is 17.7 Å². The lowest BCUT2D eigenvalue weighted by molar-refractivity contribution is 0.0735. The summed E-state index contributed by atoms with van der Waals surface area (Å²) in [6.07, 6.45) is 8.26. The normalized spacial score (nSPS) is 16.3. The predicted molar refractivity (Wildman–Crippen MR) is 80.4 cm³/mol. The Labute approximate surface area is 124 Å². The predicted octanol–water partition coefficient (Wildman–Crippen LogP) is 2.83. The van der Waals surface area contributed by atoms with Crippen LogP contribution < -0.4 is 5.32 Å². The smallest absolute Gasteiger partial charge is 0.153 e. The Morgan fingerprint density at radius 3 is 2.57 bits per heavy atom. The monoisotopic (exact) mass is 287 g/mol. The van der Waals surface area contributed by atoms with E-state index in [0.717, 1.165) is 5.82 Å². The topological polar surface area (TPSA) is 86.7 Å². The van der Waals surface area contributed by atoms with E-state index < -0.39 is 5.60 Å². The van der Waals surface area contributed by atoms with Gasteiger partial charge >= 0.3 is 0 Å². The summed E-state index contributed by atoms with van der Waals surface area (Å²) >= 11 is 0. The van der Waals surface area contributed by atoms with Gasteiger partial charge in [-0.25, -0.2) is 4.98 Å². The van der Waals surface area contributed by atoms with Crippen molar-refractivity contribution >= 4 is 11.6 Å². The van der Waals surface area contributed by atoms with E-state index in [1.165, 1.54) is 31.4 Å². The molecular formula is C15H21N5O. The SMILES string of the molecule is CC(C)(O)c1cnc(Nc2cc(C3CCCC3)[nH]n2)cn1. The van der Waals surface area contributed by atoms with E-state index in [4.69, 9.17) is 0 Å². The van der Waals surface area contributed by atoms with E-state index in [0.29, 0.717) is 17.4 Å². The summed E-state index contributed by atoms with van der Waals surface area (Å²) in [7, 11) is 0. The van der Waals surface area contributed by atoms with Crippen molar-refractivity contribution in [1.82, 2.24) is 20.2 Å². The molecule has 1 aliphatic rings. The Morgan fingerprint density at radius 1 is 1.19 bits per heavy atom. The van der Waals surface area contributed by atoms with Gasteiger partial charge in [0.25, 0.3) is 0 Å². The van der Waals surface area contributed by atoms with Crippen molar-refractivity contribution in [2.45, 2.75) is 51.0 Å². The molecule has 2 aromatic rings. The van der Waals surface area contributed by atoms with E-state index >= 15 is 0 Å². The van der Waals surface area contributed by atoms with Crippen molar-refractivity contribution in [2.75, 3.05) is 5.32 Å². The third-order valence-electron chi connectivity index (χ3n) is 3.93. The quantitative estimate of drug-likeness (QED) is 0.805. The van der Waals surface area contributed by atoms with Crippen LogP contribution >= 0.6 is 0 Å². The maximum atomic E-state index is 9.85. The third kappa shape index (κ3) is 3.21. The first kappa shape index (κ1) is 14.0. The summed E-state index contributed by atoms with van der Waals surface area (Å²) in [5.41, 5.74) is 0.755. The zero-order chi connectivity index (χ0) is 14.9. The van der Waals surface area contributed by atoms with E-state index in [-0.39, 0.29) is 0 Å². The largest absolute Gasteiger partial charge is 0.384 e. The number of aromatic amines is 1. The molecule has 0 atom stereocenters. The molecule has 3 N–H and O–H groups in total. The Balaban J connectivity index is 1.69. The van der Waals surface area contributed by atoms with Gasteiger partial charge in [0.1, 0.15) is 11.4 Å². The minimum Gasteiger partial charge on any atom is -0.384 e. The van der Waals surface area contributed by atoms with Crippen molar-refractivity contribution in [3.63, 3.8) is 0 Å². The van der Waals surface area contributed by atoms with Crippen molar-refractivity contribution in [1.29, 1.82) is 0 Å². The second kappa shape index (κ2) is 5.44. The molecule has 0 radical (unpaired) electrons. The maximum absolute atomic E-state index is 9.85. The number of hydrogen-bond acceptors (Lipinski definition) is 5. The molecule has 0 bridgehead atoms. The first-order valence-corrected chi connectivity index (χ1v) is 7.39. The highest BCUT2D eigenvalue weighted by Gasteiger charge is 2.20. The first-order valence-electron chi connectivity index (χ1n) is 7.39. The summed E-state index contributed by atoms with van der Waals surface area (Å²) in [5, 5.41) is 20.4. The number of aliphatic hydroxyl groups is 1. The van der Waals surface area contributed by atoms with Crippen molar-refractivity contribution < 1.29 is 5.11 Å². The summed E-state index contributed by atoms with van der Waals surface area (Å²) in [6.45, 7) is 3.37. The van der Waals surface area contributed by atoms with Crippen molar-refractivity contribution in [3.8, 4) is 0 Å². The summed E-state index contributed by atoms with van der Waals surface area (Å²) in [5.74, 6) is 1.98. The van der Waals surface area contributed by atoms with Gasteiger partial charge in [-0.1, -0.05) is 12.8 Å². The summed E-state index contributed by atoms with van der Waals surface area (Å²) in [6, 6.07) is 2.04. The molecule has 21 heavy (non-hydrogen) atoms. The molecule has 6 nitrogen and oxygen atoms in total. The second-order valence-corrected chi connectivity index (χ2v) is 6.16. The molecular weight excluding hydrogens is 266 g/mol. The molecule has 0 amide bonds. The van der Waals surface area contributed by atoms with Gasteiger partial charge < -0.3 is 10.4 Å². The number of nitrogens with zero attached hydrogens (tertiary/aromatic N) is 3. The lowest BCUT2D eigenvalue weighted by Gasteiger charge is -2.15. The molecule has 3 rings (SSSR count). The zero-order valence-electron chi connectivity index (χ0n) is 12.4. The van der Waals surface area contributed by atoms with Crippen LogP contribution in [0.15, 0.2) is 18.5 Å². The van der Waals surface area contributed by atoms with E-state index in [1.54, 1.807) is 26.2 Å². The molecule has 112 valence electrons. The summed E-state index contributed by atoms with van der Waals surface area (Å²) in [4.78, 5) is 8.48. The molecule has 0 aliphatic heterocycles. The number of aromatic nitrogens is 4. The molecule has 6 heteroatoms. The van der Waals surface area contributed by atoms with Crippen LogP contribution in [-0.4, -0.2) is 25.3 Å². The fourth-order valence-corrected chi connectivity index (χ4v) is 2.69. The number of rotatable bonds is 4. The highest BCUT2D eigenvalue weighted by Crippen LogP contribution is 2.33. The van der Waals surface area contributed by atoms with Crippen LogP contribution in [0.4, 0.5) is 11.6 Å². The molecule has 0 spiro atoms. The molecule has 2 heterocycles. The highest BCUT2D eigenvalue weighted by molar-refractivity contribution is 5.50. The number of anilines is 2. The van der Waals surface area contributed by atoms with Crippen molar-refractivity contribution in [2.24, 2.45) is 0 Å². The van der Waals surface area contributed by atoms with E-state index in [2.05, 4.69) is 25.5 Å². The molecule has 0 unspecified atom stereocenters. The van der Waals surface area contributed by atoms with Crippen LogP contribution in [0.3, 0.4) is 0 Å². The van der Waals surface area contributed by atoms with Gasteiger partial charge in [-0.05, 0) is 26.7 Å². The van der Waals surface area contributed by atoms with Gasteiger partial charge in [-0.15, -0.1) is 0 Å². The van der Waals surface area contributed by atoms with Gasteiger partial charge in [-0.3, -0.25) is 10.1 Å². The fraction of sp³-hybridized carbons (Fsp3) is 0.533. The molecule has 2 aromatic heterocycles. The zero-order valence-corrected chi connectivity index (χ0v) is 12.4. The number of H-pyrrole nitrogens is 1. The maximum Gasteiger partial charge on any atom is 0.153 e. The Kier molecular flexibility index (Phi) is 3.63. The molecule has 1 aliphatic carbocycles. The minimum atomic E-state index is -0.979. The standard InChI is InChI=1S/C15H21N5O/c1-15(2,21)12-8-17-14(9-16-12)18-13-7-11(19-20-13)10-5-3-4-6-10/h7-10,21H,3-6H2,1-2H3,(H2,17,18,19,20). The molecule has 0 aromatic carbocycles. The first-order chi connectivity index (χ1) is 10.0. The van der Waals surface area contributed by atoms with Crippen LogP contribution in [0.25, 0.3) is 0 Å². The van der Waals surface area contributed by atoms with Crippen LogP contribution in [0, 0.1) is 0 Å². The second-order valence-electron chi connectivity index (χ2n) is 6.16. The van der Waals surface area contributed by atoms with E-state index in [1.807, 2.05) is 6.07 Å². The van der Waals surface area contributed by atoms with Gasteiger partial charge in [-0.2, -0.15) is 5.10 Å². The highest BCUT2D eigenvalue weighted by atomic mass is 16.3. The number of nitrogens with one attached hydrogen (secondary N) is 2. The fourth-order valence-electron chi connectivity index (χ4n) is 2.69. The molecule has 1 saturated carbocycles. The lowest BCUT2D eigenvalue weighted by Crippen LogP contribution is -2.17. The number of hydrogen-bond donors (Lipinski definition) is 3. The Hall–Kier alpha value is -1.95. The average Bonchev–Trinajstić information content (AvgIpc) is 3.08. The van der Waals surface area contributed by atoms with Gasteiger partial charge in [0.2, 0.25) is 0 Å². The molecule has 1 fully saturated rings. The minimum absolute atomic E-state index is 0.543. The van der Waals surface area contributed by atoms with Crippen LogP contribution in [0.1, 0.15) is 56.8 Å². The molecule has 0 saturated heterocycles. The van der Waals surface area contributed by atoms with Crippen LogP contribution in [0.2, 0.25) is 0 Å².